The third kappa shape index (κ3) is 6.33. The van der Waals surface area contributed by atoms with E-state index in [1.165, 1.54) is 17.3 Å². The number of rotatable bonds is 7. The van der Waals surface area contributed by atoms with Gasteiger partial charge in [-0.15, -0.1) is 11.8 Å². The molecule has 0 aromatic heterocycles. The van der Waals surface area contributed by atoms with Crippen molar-refractivity contribution in [3.8, 4) is 0 Å². The summed E-state index contributed by atoms with van der Waals surface area (Å²) in [6.07, 6.45) is 3.45. The summed E-state index contributed by atoms with van der Waals surface area (Å²) < 4.78 is 0. The minimum absolute atomic E-state index is 0.115. The number of nitrogens with one attached hydrogen (secondary N) is 1. The minimum atomic E-state index is -0.115. The average molecular weight is 333 g/mol. The van der Waals surface area contributed by atoms with Gasteiger partial charge in [0.05, 0.1) is 5.75 Å². The normalized spacial score (nSPS) is 10.8. The van der Waals surface area contributed by atoms with Gasteiger partial charge >= 0.3 is 0 Å². The van der Waals surface area contributed by atoms with E-state index in [0.717, 1.165) is 17.7 Å². The van der Waals surface area contributed by atoms with Gasteiger partial charge in [-0.05, 0) is 42.7 Å². The summed E-state index contributed by atoms with van der Waals surface area (Å²) in [6.45, 7) is 0. The number of benzene rings is 2. The van der Waals surface area contributed by atoms with Gasteiger partial charge < -0.3 is 0 Å². The summed E-state index contributed by atoms with van der Waals surface area (Å²) in [5.41, 5.74) is 3.80. The van der Waals surface area contributed by atoms with Crippen LogP contribution in [0.1, 0.15) is 12.0 Å². The molecule has 0 atom stereocenters. The first-order valence-corrected chi connectivity index (χ1v) is 8.33. The lowest BCUT2D eigenvalue weighted by Crippen LogP contribution is -2.19. The van der Waals surface area contributed by atoms with Crippen LogP contribution in [0, 0.1) is 0 Å². The van der Waals surface area contributed by atoms with Crippen molar-refractivity contribution in [3.05, 3.63) is 65.2 Å². The topological polar surface area (TPSA) is 41.5 Å². The molecule has 114 valence electrons. The van der Waals surface area contributed by atoms with Gasteiger partial charge in [-0.1, -0.05) is 41.9 Å². The number of aryl methyl sites for hydroxylation is 1. The van der Waals surface area contributed by atoms with Gasteiger partial charge in [0, 0.05) is 16.1 Å². The molecule has 0 aliphatic rings. The summed E-state index contributed by atoms with van der Waals surface area (Å²) in [7, 11) is 0. The molecule has 3 nitrogen and oxygen atoms in total. The standard InChI is InChI=1S/C17H17ClN2OS/c18-15-8-10-16(11-9-15)22-13-17(21)20-19-12-4-7-14-5-2-1-3-6-14/h1-3,5-6,8-12H,4,7,13H2,(H,20,21). The smallest absolute Gasteiger partial charge is 0.250 e. The Hall–Kier alpha value is -1.78. The van der Waals surface area contributed by atoms with Crippen molar-refractivity contribution < 1.29 is 4.79 Å². The maximum absolute atomic E-state index is 11.6. The number of nitrogens with zero attached hydrogens (tertiary/aromatic N) is 1. The largest absolute Gasteiger partial charge is 0.272 e. The molecule has 0 heterocycles. The maximum Gasteiger partial charge on any atom is 0.250 e. The van der Waals surface area contributed by atoms with Crippen molar-refractivity contribution in [3.63, 3.8) is 0 Å². The fourth-order valence-corrected chi connectivity index (χ4v) is 2.59. The van der Waals surface area contributed by atoms with Crippen LogP contribution in [0.15, 0.2) is 64.6 Å². The van der Waals surface area contributed by atoms with Crippen molar-refractivity contribution in [2.24, 2.45) is 5.10 Å². The average Bonchev–Trinajstić information content (AvgIpc) is 2.55. The number of halogens is 1. The SMILES string of the molecule is O=C(CSc1ccc(Cl)cc1)NN=CCCc1ccccc1. The molecule has 5 heteroatoms. The Labute approximate surface area is 139 Å². The van der Waals surface area contributed by atoms with Crippen molar-refractivity contribution in [2.75, 3.05) is 5.75 Å². The number of hydrogen-bond donors (Lipinski definition) is 1. The Morgan fingerprint density at radius 2 is 1.86 bits per heavy atom. The molecule has 2 aromatic rings. The number of hydrogen-bond acceptors (Lipinski definition) is 3. The van der Waals surface area contributed by atoms with Crippen LogP contribution in [0.2, 0.25) is 5.02 Å². The van der Waals surface area contributed by atoms with Gasteiger partial charge in [-0.25, -0.2) is 5.43 Å². The second kappa shape index (κ2) is 9.28. The van der Waals surface area contributed by atoms with Crippen LogP contribution in [0.4, 0.5) is 0 Å². The minimum Gasteiger partial charge on any atom is -0.272 e. The fraction of sp³-hybridized carbons (Fsp3) is 0.176. The second-order valence-corrected chi connectivity index (χ2v) is 6.10. The summed E-state index contributed by atoms with van der Waals surface area (Å²) in [6, 6.07) is 17.6. The highest BCUT2D eigenvalue weighted by molar-refractivity contribution is 8.00. The molecule has 1 N–H and O–H groups in total. The number of hydrazone groups is 1. The summed E-state index contributed by atoms with van der Waals surface area (Å²) in [4.78, 5) is 12.7. The van der Waals surface area contributed by atoms with Crippen LogP contribution < -0.4 is 5.43 Å². The first kappa shape index (κ1) is 16.6. The molecule has 0 fully saturated rings. The molecule has 1 amide bonds. The zero-order chi connectivity index (χ0) is 15.6. The van der Waals surface area contributed by atoms with Crippen molar-refractivity contribution >= 4 is 35.5 Å². The van der Waals surface area contributed by atoms with E-state index in [0.29, 0.717) is 10.8 Å². The van der Waals surface area contributed by atoms with Crippen LogP contribution in [0.25, 0.3) is 0 Å². The number of carbonyl (C=O) groups excluding carboxylic acids is 1. The molecule has 2 aromatic carbocycles. The molecular formula is C17H17ClN2OS. The van der Waals surface area contributed by atoms with Crippen molar-refractivity contribution in [1.29, 1.82) is 0 Å². The van der Waals surface area contributed by atoms with Gasteiger partial charge in [-0.3, -0.25) is 4.79 Å². The van der Waals surface area contributed by atoms with Gasteiger partial charge in [0.1, 0.15) is 0 Å². The lowest BCUT2D eigenvalue weighted by Gasteiger charge is -2.01. The van der Waals surface area contributed by atoms with E-state index in [2.05, 4.69) is 22.7 Å². The molecular weight excluding hydrogens is 316 g/mol. The Balaban J connectivity index is 1.63. The van der Waals surface area contributed by atoms with E-state index in [1.807, 2.05) is 42.5 Å². The highest BCUT2D eigenvalue weighted by Gasteiger charge is 2.01. The van der Waals surface area contributed by atoms with Crippen molar-refractivity contribution in [1.82, 2.24) is 5.43 Å². The third-order valence-corrected chi connectivity index (χ3v) is 4.13. The van der Waals surface area contributed by atoms with E-state index >= 15 is 0 Å². The molecule has 0 aliphatic carbocycles. The van der Waals surface area contributed by atoms with Crippen molar-refractivity contribution in [2.45, 2.75) is 17.7 Å². The first-order chi connectivity index (χ1) is 10.7. The van der Waals surface area contributed by atoms with E-state index in [4.69, 9.17) is 11.6 Å². The summed E-state index contributed by atoms with van der Waals surface area (Å²) in [5, 5.41) is 4.65. The molecule has 0 saturated carbocycles. The molecule has 0 aliphatic heterocycles. The molecule has 2 rings (SSSR count). The van der Waals surface area contributed by atoms with E-state index in [9.17, 15) is 4.79 Å². The molecule has 0 unspecified atom stereocenters. The van der Waals surface area contributed by atoms with Crippen LogP contribution >= 0.6 is 23.4 Å². The zero-order valence-corrected chi connectivity index (χ0v) is 13.6. The Bertz CT molecular complexity index is 614. The predicted octanol–water partition coefficient (Wildman–Crippen LogP) is 4.17. The predicted molar refractivity (Wildman–Crippen MR) is 93.6 cm³/mol. The first-order valence-electron chi connectivity index (χ1n) is 6.97. The third-order valence-electron chi connectivity index (χ3n) is 2.87. The Morgan fingerprint density at radius 3 is 2.59 bits per heavy atom. The number of carbonyl (C=O) groups is 1. The Kier molecular flexibility index (Phi) is 7.00. The molecule has 0 saturated heterocycles. The molecule has 0 spiro atoms. The van der Waals surface area contributed by atoms with Gasteiger partial charge in [0.15, 0.2) is 0 Å². The van der Waals surface area contributed by atoms with Crippen LogP contribution in [-0.4, -0.2) is 17.9 Å². The van der Waals surface area contributed by atoms with Crippen LogP contribution in [0.3, 0.4) is 0 Å². The highest BCUT2D eigenvalue weighted by Crippen LogP contribution is 2.19. The maximum atomic E-state index is 11.6. The second-order valence-electron chi connectivity index (χ2n) is 4.61. The highest BCUT2D eigenvalue weighted by atomic mass is 35.5. The molecule has 0 bridgehead atoms. The number of amides is 1. The summed E-state index contributed by atoms with van der Waals surface area (Å²) in [5.74, 6) is 0.216. The monoisotopic (exact) mass is 332 g/mol. The van der Waals surface area contributed by atoms with Gasteiger partial charge in [0.25, 0.3) is 0 Å². The van der Waals surface area contributed by atoms with E-state index in [-0.39, 0.29) is 5.91 Å². The quantitative estimate of drug-likeness (QED) is 0.470. The fourth-order valence-electron chi connectivity index (χ4n) is 1.77. The van der Waals surface area contributed by atoms with E-state index in [1.54, 1.807) is 6.21 Å². The number of thioether (sulfide) groups is 1. The van der Waals surface area contributed by atoms with E-state index < -0.39 is 0 Å². The van der Waals surface area contributed by atoms with Crippen LogP contribution in [0.5, 0.6) is 0 Å². The molecule has 22 heavy (non-hydrogen) atoms. The lowest BCUT2D eigenvalue weighted by atomic mass is 10.1. The van der Waals surface area contributed by atoms with Gasteiger partial charge in [-0.2, -0.15) is 5.10 Å². The lowest BCUT2D eigenvalue weighted by molar-refractivity contribution is -0.118. The van der Waals surface area contributed by atoms with Gasteiger partial charge in [0.2, 0.25) is 5.91 Å². The molecule has 0 radical (unpaired) electrons. The summed E-state index contributed by atoms with van der Waals surface area (Å²) >= 11 is 7.26. The zero-order valence-electron chi connectivity index (χ0n) is 12.0. The van der Waals surface area contributed by atoms with Crippen LogP contribution in [-0.2, 0) is 11.2 Å². The Morgan fingerprint density at radius 1 is 1.14 bits per heavy atom.